The van der Waals surface area contributed by atoms with Crippen LogP contribution in [0.1, 0.15) is 11.1 Å². The van der Waals surface area contributed by atoms with Crippen LogP contribution in [-0.2, 0) is 11.9 Å². The topological polar surface area (TPSA) is 9.23 Å². The van der Waals surface area contributed by atoms with Gasteiger partial charge in [0.1, 0.15) is 18.2 Å². The third kappa shape index (κ3) is 3.85. The van der Waals surface area contributed by atoms with Gasteiger partial charge in [0.15, 0.2) is 0 Å². The molecule has 0 aliphatic carbocycles. The van der Waals surface area contributed by atoms with Crippen LogP contribution in [0.4, 0.5) is 4.39 Å². The lowest BCUT2D eigenvalue weighted by Crippen LogP contribution is -1.99. The number of hydrogen-bond acceptors (Lipinski definition) is 1. The molecule has 100 valence electrons. The van der Waals surface area contributed by atoms with Crippen molar-refractivity contribution in [2.24, 2.45) is 0 Å². The molecule has 1 nitrogen and oxygen atoms in total. The van der Waals surface area contributed by atoms with Crippen LogP contribution < -0.4 is 4.74 Å². The number of halogens is 4. The quantitative estimate of drug-likeness (QED) is 0.642. The van der Waals surface area contributed by atoms with E-state index in [9.17, 15) is 4.39 Å². The molecule has 0 saturated heterocycles. The normalized spacial score (nSPS) is 10.5. The molecule has 0 radical (unpaired) electrons. The molecule has 2 aromatic carbocycles. The largest absolute Gasteiger partial charge is 0.487 e. The minimum atomic E-state index is -0.349. The molecule has 0 aliphatic rings. The third-order valence-corrected chi connectivity index (χ3v) is 3.72. The second kappa shape index (κ2) is 6.60. The zero-order valence-electron chi connectivity index (χ0n) is 9.80. The predicted octanol–water partition coefficient (Wildman–Crippen LogP) is 5.61. The van der Waals surface area contributed by atoms with Crippen molar-refractivity contribution in [3.63, 3.8) is 0 Å². The molecule has 0 bridgehead atoms. The van der Waals surface area contributed by atoms with Crippen molar-refractivity contribution in [3.05, 3.63) is 63.4 Å². The number of ether oxygens (including phenoxy) is 1. The molecule has 19 heavy (non-hydrogen) atoms. The molecule has 0 amide bonds. The van der Waals surface area contributed by atoms with Crippen molar-refractivity contribution >= 4 is 39.1 Å². The minimum absolute atomic E-state index is 0.0831. The number of hydrogen-bond donors (Lipinski definition) is 0. The van der Waals surface area contributed by atoms with Gasteiger partial charge in [0.05, 0.1) is 5.02 Å². The third-order valence-electron chi connectivity index (χ3n) is 2.54. The van der Waals surface area contributed by atoms with Crippen LogP contribution in [0.3, 0.4) is 0 Å². The summed E-state index contributed by atoms with van der Waals surface area (Å²) in [4.78, 5) is 0. The van der Waals surface area contributed by atoms with Gasteiger partial charge in [-0.2, -0.15) is 0 Å². The second-order valence-corrected chi connectivity index (χ2v) is 5.33. The summed E-state index contributed by atoms with van der Waals surface area (Å²) in [5, 5.41) is 1.69. The van der Waals surface area contributed by atoms with Gasteiger partial charge in [-0.15, -0.1) is 0 Å². The van der Waals surface area contributed by atoms with E-state index in [1.165, 1.54) is 18.2 Å². The Morgan fingerprint density at radius 3 is 2.58 bits per heavy atom. The highest BCUT2D eigenvalue weighted by molar-refractivity contribution is 9.08. The Hall–Kier alpha value is -0.770. The first-order valence-electron chi connectivity index (χ1n) is 5.51. The van der Waals surface area contributed by atoms with Gasteiger partial charge >= 0.3 is 0 Å². The van der Waals surface area contributed by atoms with E-state index in [1.54, 1.807) is 12.1 Å². The summed E-state index contributed by atoms with van der Waals surface area (Å²) in [6.45, 7) is 0.0831. The Morgan fingerprint density at radius 1 is 1.11 bits per heavy atom. The molecule has 2 aromatic rings. The number of alkyl halides is 1. The maximum Gasteiger partial charge on any atom is 0.138 e. The molecule has 2 rings (SSSR count). The van der Waals surface area contributed by atoms with E-state index in [-0.39, 0.29) is 12.4 Å². The van der Waals surface area contributed by atoms with Gasteiger partial charge in [-0.25, -0.2) is 4.39 Å². The van der Waals surface area contributed by atoms with E-state index in [4.69, 9.17) is 27.9 Å². The Kier molecular flexibility index (Phi) is 5.08. The standard InChI is InChI=1S/C14H10BrCl2FO/c15-7-9-1-4-14(12(17)5-9)19-8-10-6-11(16)2-3-13(10)18/h1-6H,7-8H2. The van der Waals surface area contributed by atoms with E-state index in [2.05, 4.69) is 15.9 Å². The zero-order valence-corrected chi connectivity index (χ0v) is 12.9. The van der Waals surface area contributed by atoms with E-state index in [0.717, 1.165) is 10.9 Å². The van der Waals surface area contributed by atoms with Crippen LogP contribution >= 0.6 is 39.1 Å². The summed E-state index contributed by atoms with van der Waals surface area (Å²) >= 11 is 15.2. The maximum absolute atomic E-state index is 13.5. The van der Waals surface area contributed by atoms with E-state index in [0.29, 0.717) is 21.4 Å². The van der Waals surface area contributed by atoms with Crippen molar-refractivity contribution in [1.29, 1.82) is 0 Å². The Bertz CT molecular complexity index is 590. The van der Waals surface area contributed by atoms with Crippen molar-refractivity contribution in [2.75, 3.05) is 0 Å². The monoisotopic (exact) mass is 362 g/mol. The smallest absolute Gasteiger partial charge is 0.138 e. The Morgan fingerprint density at radius 2 is 1.89 bits per heavy atom. The maximum atomic E-state index is 13.5. The summed E-state index contributed by atoms with van der Waals surface area (Å²) in [5.74, 6) is 0.170. The summed E-state index contributed by atoms with van der Waals surface area (Å²) in [6, 6.07) is 9.82. The number of rotatable bonds is 4. The highest BCUT2D eigenvalue weighted by Crippen LogP contribution is 2.27. The molecule has 0 aliphatic heterocycles. The molecule has 0 spiro atoms. The molecule has 0 saturated carbocycles. The SMILES string of the molecule is Fc1ccc(Cl)cc1COc1ccc(CBr)cc1Cl. The van der Waals surface area contributed by atoms with Crippen LogP contribution in [0.15, 0.2) is 36.4 Å². The second-order valence-electron chi connectivity index (χ2n) is 3.92. The lowest BCUT2D eigenvalue weighted by molar-refractivity contribution is 0.300. The summed E-state index contributed by atoms with van der Waals surface area (Å²) < 4.78 is 19.0. The van der Waals surface area contributed by atoms with Crippen molar-refractivity contribution < 1.29 is 9.13 Å². The van der Waals surface area contributed by atoms with Crippen LogP contribution in [-0.4, -0.2) is 0 Å². The first-order chi connectivity index (χ1) is 9.10. The number of benzene rings is 2. The molecular weight excluding hydrogens is 354 g/mol. The molecule has 0 fully saturated rings. The minimum Gasteiger partial charge on any atom is -0.487 e. The Balaban J connectivity index is 2.12. The summed E-state index contributed by atoms with van der Waals surface area (Å²) in [6.07, 6.45) is 0. The van der Waals surface area contributed by atoms with Crippen LogP contribution in [0.5, 0.6) is 5.75 Å². The fraction of sp³-hybridized carbons (Fsp3) is 0.143. The molecule has 0 heterocycles. The highest BCUT2D eigenvalue weighted by atomic mass is 79.9. The molecule has 0 aromatic heterocycles. The summed E-state index contributed by atoms with van der Waals surface area (Å²) in [5.41, 5.74) is 1.44. The fourth-order valence-electron chi connectivity index (χ4n) is 1.55. The average molecular weight is 364 g/mol. The Labute approximate surface area is 129 Å². The molecular formula is C14H10BrCl2FO. The lowest BCUT2D eigenvalue weighted by atomic mass is 10.2. The first kappa shape index (κ1) is 14.6. The van der Waals surface area contributed by atoms with Crippen molar-refractivity contribution in [1.82, 2.24) is 0 Å². The van der Waals surface area contributed by atoms with Crippen LogP contribution in [0.25, 0.3) is 0 Å². The fourth-order valence-corrected chi connectivity index (χ4v) is 2.36. The van der Waals surface area contributed by atoms with Crippen LogP contribution in [0.2, 0.25) is 10.0 Å². The predicted molar refractivity (Wildman–Crippen MR) is 79.8 cm³/mol. The van der Waals surface area contributed by atoms with Gasteiger partial charge in [-0.05, 0) is 35.9 Å². The summed E-state index contributed by atoms with van der Waals surface area (Å²) in [7, 11) is 0. The first-order valence-corrected chi connectivity index (χ1v) is 7.39. The average Bonchev–Trinajstić information content (AvgIpc) is 2.40. The molecule has 0 unspecified atom stereocenters. The van der Waals surface area contributed by atoms with Crippen LogP contribution in [0, 0.1) is 5.82 Å². The molecule has 0 N–H and O–H groups in total. The van der Waals surface area contributed by atoms with E-state index in [1.807, 2.05) is 6.07 Å². The highest BCUT2D eigenvalue weighted by Gasteiger charge is 2.07. The molecule has 0 atom stereocenters. The van der Waals surface area contributed by atoms with Gasteiger partial charge in [0.25, 0.3) is 0 Å². The molecule has 5 heteroatoms. The lowest BCUT2D eigenvalue weighted by Gasteiger charge is -2.10. The van der Waals surface area contributed by atoms with E-state index < -0.39 is 0 Å². The van der Waals surface area contributed by atoms with Gasteiger partial charge in [-0.1, -0.05) is 45.2 Å². The van der Waals surface area contributed by atoms with Gasteiger partial charge in [0.2, 0.25) is 0 Å². The zero-order chi connectivity index (χ0) is 13.8. The van der Waals surface area contributed by atoms with Gasteiger partial charge < -0.3 is 4.74 Å². The van der Waals surface area contributed by atoms with Crippen molar-refractivity contribution in [2.45, 2.75) is 11.9 Å². The van der Waals surface area contributed by atoms with Gasteiger partial charge in [0, 0.05) is 15.9 Å². The van der Waals surface area contributed by atoms with E-state index >= 15 is 0 Å². The van der Waals surface area contributed by atoms with Crippen molar-refractivity contribution in [3.8, 4) is 5.75 Å². The van der Waals surface area contributed by atoms with Gasteiger partial charge in [-0.3, -0.25) is 0 Å².